The van der Waals surface area contributed by atoms with E-state index >= 15 is 0 Å². The normalized spacial score (nSPS) is 15.7. The summed E-state index contributed by atoms with van der Waals surface area (Å²) < 4.78 is 53.9. The Balaban J connectivity index is 2.15. The summed E-state index contributed by atoms with van der Waals surface area (Å²) in [6.07, 6.45) is 2.99. The first-order valence-electron chi connectivity index (χ1n) is 5.52. The lowest BCUT2D eigenvalue weighted by Gasteiger charge is -2.09. The highest BCUT2D eigenvalue weighted by atomic mass is 32.2. The van der Waals surface area contributed by atoms with Gasteiger partial charge in [-0.1, -0.05) is 12.8 Å². The van der Waals surface area contributed by atoms with Gasteiger partial charge in [0, 0.05) is 0 Å². The third kappa shape index (κ3) is 3.17. The van der Waals surface area contributed by atoms with E-state index in [0.717, 1.165) is 19.3 Å². The smallest absolute Gasteiger partial charge is 0.238 e. The number of benzene rings is 1. The van der Waals surface area contributed by atoms with Gasteiger partial charge in [-0.15, -0.1) is 0 Å². The van der Waals surface area contributed by atoms with E-state index in [0.29, 0.717) is 18.1 Å². The molecule has 0 spiro atoms. The topological polar surface area (TPSA) is 69.4 Å². The molecule has 0 aliphatic heterocycles. The molecule has 2 N–H and O–H groups in total. The van der Waals surface area contributed by atoms with E-state index in [9.17, 15) is 17.2 Å². The van der Waals surface area contributed by atoms with Gasteiger partial charge in [-0.25, -0.2) is 22.3 Å². The number of rotatable bonds is 5. The Morgan fingerprint density at radius 1 is 1.28 bits per heavy atom. The number of primary sulfonamides is 1. The van der Waals surface area contributed by atoms with E-state index in [1.807, 2.05) is 0 Å². The summed E-state index contributed by atoms with van der Waals surface area (Å²) in [7, 11) is -4.12. The zero-order valence-electron chi connectivity index (χ0n) is 9.53. The van der Waals surface area contributed by atoms with Crippen LogP contribution in [0.25, 0.3) is 0 Å². The lowest BCUT2D eigenvalue weighted by Crippen LogP contribution is -2.13. The summed E-state index contributed by atoms with van der Waals surface area (Å²) in [5, 5.41) is 4.79. The molecule has 0 atom stereocenters. The summed E-state index contributed by atoms with van der Waals surface area (Å²) in [6.45, 7) is 0.216. The number of ether oxygens (including phenoxy) is 1. The third-order valence-electron chi connectivity index (χ3n) is 2.77. The Morgan fingerprint density at radius 2 is 1.83 bits per heavy atom. The van der Waals surface area contributed by atoms with Crippen molar-refractivity contribution in [1.29, 1.82) is 0 Å². The van der Waals surface area contributed by atoms with Gasteiger partial charge in [0.1, 0.15) is 0 Å². The molecule has 0 bridgehead atoms. The van der Waals surface area contributed by atoms with Crippen molar-refractivity contribution < 1.29 is 21.9 Å². The zero-order valence-corrected chi connectivity index (χ0v) is 10.3. The van der Waals surface area contributed by atoms with Crippen molar-refractivity contribution in [1.82, 2.24) is 0 Å². The van der Waals surface area contributed by atoms with E-state index in [1.54, 1.807) is 0 Å². The number of nitrogens with two attached hydrogens (primary N) is 1. The molecule has 100 valence electrons. The molecule has 1 fully saturated rings. The van der Waals surface area contributed by atoms with Crippen molar-refractivity contribution >= 4 is 10.0 Å². The van der Waals surface area contributed by atoms with Crippen LogP contribution in [0.4, 0.5) is 8.78 Å². The Kier molecular flexibility index (Phi) is 3.54. The van der Waals surface area contributed by atoms with Crippen LogP contribution in [-0.2, 0) is 10.0 Å². The second-order valence-electron chi connectivity index (χ2n) is 4.34. The van der Waals surface area contributed by atoms with Gasteiger partial charge in [0.15, 0.2) is 17.4 Å². The second-order valence-corrected chi connectivity index (χ2v) is 5.90. The van der Waals surface area contributed by atoms with Gasteiger partial charge in [0.05, 0.1) is 11.5 Å². The molecule has 7 heteroatoms. The average molecular weight is 277 g/mol. The number of sulfonamides is 1. The molecule has 0 saturated heterocycles. The highest BCUT2D eigenvalue weighted by molar-refractivity contribution is 7.89. The lowest BCUT2D eigenvalue weighted by atomic mass is 10.3. The standard InChI is InChI=1S/C11H13F2NO3S/c12-9-5-8(18(14,15)16)6-10(13)11(9)17-4-3-7-1-2-7/h5-7H,1-4H2,(H2,14,15,16). The maximum atomic E-state index is 13.5. The van der Waals surface area contributed by atoms with Gasteiger partial charge in [-0.3, -0.25) is 0 Å². The molecule has 1 saturated carbocycles. The molecule has 0 aromatic heterocycles. The van der Waals surface area contributed by atoms with Crippen LogP contribution in [0, 0.1) is 17.6 Å². The third-order valence-corrected chi connectivity index (χ3v) is 3.66. The van der Waals surface area contributed by atoms with Crippen molar-refractivity contribution in [2.75, 3.05) is 6.61 Å². The Morgan fingerprint density at radius 3 is 2.28 bits per heavy atom. The SMILES string of the molecule is NS(=O)(=O)c1cc(F)c(OCCC2CC2)c(F)c1. The van der Waals surface area contributed by atoms with Gasteiger partial charge < -0.3 is 4.74 Å². The Bertz CT molecular complexity index is 532. The van der Waals surface area contributed by atoms with Gasteiger partial charge in [-0.2, -0.15) is 0 Å². The number of halogens is 2. The molecule has 2 rings (SSSR count). The summed E-state index contributed by atoms with van der Waals surface area (Å²) in [5.74, 6) is -2.09. The van der Waals surface area contributed by atoms with Gasteiger partial charge in [0.2, 0.25) is 10.0 Å². The lowest BCUT2D eigenvalue weighted by molar-refractivity contribution is 0.272. The molecule has 1 aromatic carbocycles. The van der Waals surface area contributed by atoms with Crippen molar-refractivity contribution in [2.24, 2.45) is 11.1 Å². The van der Waals surface area contributed by atoms with Gasteiger partial charge >= 0.3 is 0 Å². The number of hydrogen-bond donors (Lipinski definition) is 1. The van der Waals surface area contributed by atoms with Crippen LogP contribution in [0.3, 0.4) is 0 Å². The molecule has 0 radical (unpaired) electrons. The fourth-order valence-electron chi connectivity index (χ4n) is 1.57. The van der Waals surface area contributed by atoms with Crippen LogP contribution >= 0.6 is 0 Å². The van der Waals surface area contributed by atoms with Crippen molar-refractivity contribution in [3.63, 3.8) is 0 Å². The highest BCUT2D eigenvalue weighted by Gasteiger charge is 2.22. The first kappa shape index (κ1) is 13.2. The molecule has 1 aliphatic rings. The summed E-state index contributed by atoms with van der Waals surface area (Å²) >= 11 is 0. The van der Waals surface area contributed by atoms with E-state index < -0.39 is 32.3 Å². The van der Waals surface area contributed by atoms with Crippen molar-refractivity contribution in [3.05, 3.63) is 23.8 Å². The van der Waals surface area contributed by atoms with Crippen LogP contribution in [0.15, 0.2) is 17.0 Å². The van der Waals surface area contributed by atoms with Crippen molar-refractivity contribution in [3.8, 4) is 5.75 Å². The predicted molar refractivity (Wildman–Crippen MR) is 60.6 cm³/mol. The minimum atomic E-state index is -4.12. The van der Waals surface area contributed by atoms with Crippen LogP contribution in [0.1, 0.15) is 19.3 Å². The largest absolute Gasteiger partial charge is 0.488 e. The maximum absolute atomic E-state index is 13.5. The molecule has 1 aromatic rings. The summed E-state index contributed by atoms with van der Waals surface area (Å²) in [4.78, 5) is -0.605. The molecule has 4 nitrogen and oxygen atoms in total. The van der Waals surface area contributed by atoms with Crippen LogP contribution in [0.5, 0.6) is 5.75 Å². The van der Waals surface area contributed by atoms with Crippen LogP contribution in [-0.4, -0.2) is 15.0 Å². The molecule has 0 heterocycles. The average Bonchev–Trinajstić information content (AvgIpc) is 3.04. The van der Waals surface area contributed by atoms with Crippen molar-refractivity contribution in [2.45, 2.75) is 24.2 Å². The molecular weight excluding hydrogens is 264 g/mol. The molecule has 0 unspecified atom stereocenters. The van der Waals surface area contributed by atoms with Crippen LogP contribution in [0.2, 0.25) is 0 Å². The first-order chi connectivity index (χ1) is 8.38. The van der Waals surface area contributed by atoms with E-state index in [4.69, 9.17) is 9.88 Å². The fourth-order valence-corrected chi connectivity index (χ4v) is 2.11. The van der Waals surface area contributed by atoms with E-state index in [-0.39, 0.29) is 6.61 Å². The maximum Gasteiger partial charge on any atom is 0.238 e. The zero-order chi connectivity index (χ0) is 13.3. The first-order valence-corrected chi connectivity index (χ1v) is 7.07. The molecule has 1 aliphatic carbocycles. The Hall–Kier alpha value is -1.21. The summed E-state index contributed by atoms with van der Waals surface area (Å²) in [6, 6.07) is 1.32. The van der Waals surface area contributed by atoms with Crippen LogP contribution < -0.4 is 9.88 Å². The molecule has 18 heavy (non-hydrogen) atoms. The van der Waals surface area contributed by atoms with Gasteiger partial charge in [0.25, 0.3) is 0 Å². The molecular formula is C11H13F2NO3S. The monoisotopic (exact) mass is 277 g/mol. The quantitative estimate of drug-likeness (QED) is 0.892. The predicted octanol–water partition coefficient (Wildman–Crippen LogP) is 1.79. The highest BCUT2D eigenvalue weighted by Crippen LogP contribution is 2.33. The number of hydrogen-bond acceptors (Lipinski definition) is 3. The van der Waals surface area contributed by atoms with E-state index in [1.165, 1.54) is 0 Å². The van der Waals surface area contributed by atoms with E-state index in [2.05, 4.69) is 0 Å². The summed E-state index contributed by atoms with van der Waals surface area (Å²) in [5.41, 5.74) is 0. The fraction of sp³-hybridized carbons (Fsp3) is 0.455. The Labute approximate surface area is 104 Å². The minimum Gasteiger partial charge on any atom is -0.488 e. The molecule has 0 amide bonds. The second kappa shape index (κ2) is 4.81. The van der Waals surface area contributed by atoms with Gasteiger partial charge in [-0.05, 0) is 24.5 Å². The minimum absolute atomic E-state index is 0.216.